The van der Waals surface area contributed by atoms with Crippen molar-refractivity contribution in [1.29, 1.82) is 0 Å². The Bertz CT molecular complexity index is 417. The summed E-state index contributed by atoms with van der Waals surface area (Å²) in [6.07, 6.45) is 2.48. The van der Waals surface area contributed by atoms with E-state index in [1.807, 2.05) is 0 Å². The van der Waals surface area contributed by atoms with Gasteiger partial charge in [0, 0.05) is 42.2 Å². The maximum Gasteiger partial charge on any atom is 0.0467 e. The van der Waals surface area contributed by atoms with Gasteiger partial charge in [0.05, 0.1) is 0 Å². The molecule has 1 aromatic rings. The first-order chi connectivity index (χ1) is 9.15. The minimum atomic E-state index is 0.633. The van der Waals surface area contributed by atoms with Gasteiger partial charge in [-0.3, -0.25) is 0 Å². The van der Waals surface area contributed by atoms with Gasteiger partial charge in [-0.25, -0.2) is 0 Å². The molecule has 1 fully saturated rings. The van der Waals surface area contributed by atoms with Crippen molar-refractivity contribution < 1.29 is 0 Å². The first kappa shape index (κ1) is 15.1. The molecule has 0 aliphatic carbocycles. The number of hydrogen-bond donors (Lipinski definition) is 0. The van der Waals surface area contributed by atoms with Crippen LogP contribution in [0.25, 0.3) is 0 Å². The zero-order chi connectivity index (χ0) is 13.8. The van der Waals surface area contributed by atoms with Gasteiger partial charge in [0.1, 0.15) is 0 Å². The zero-order valence-corrected chi connectivity index (χ0v) is 14.0. The molecule has 1 aliphatic heterocycles. The van der Waals surface area contributed by atoms with Crippen molar-refractivity contribution in [3.63, 3.8) is 0 Å². The highest BCUT2D eigenvalue weighted by molar-refractivity contribution is 9.08. The van der Waals surface area contributed by atoms with Crippen LogP contribution in [0.1, 0.15) is 25.3 Å². The minimum Gasteiger partial charge on any atom is -0.371 e. The summed E-state index contributed by atoms with van der Waals surface area (Å²) >= 11 is 9.75. The predicted octanol–water partition coefficient (Wildman–Crippen LogP) is 4.16. The molecule has 1 heterocycles. The number of likely N-dealkylation sites (tertiary alicyclic amines) is 1. The normalized spacial score (nSPS) is 17.7. The first-order valence-electron chi connectivity index (χ1n) is 6.95. The third kappa shape index (κ3) is 3.65. The fourth-order valence-electron chi connectivity index (χ4n) is 2.70. The van der Waals surface area contributed by atoms with Gasteiger partial charge in [0.15, 0.2) is 0 Å². The highest BCUT2D eigenvalue weighted by Gasteiger charge is 2.22. The summed E-state index contributed by atoms with van der Waals surface area (Å²) in [7, 11) is 2.19. The molecule has 0 amide bonds. The smallest absolute Gasteiger partial charge is 0.0467 e. The molecular weight excluding hydrogens is 324 g/mol. The zero-order valence-electron chi connectivity index (χ0n) is 11.7. The van der Waals surface area contributed by atoms with Crippen molar-refractivity contribution >= 4 is 33.2 Å². The van der Waals surface area contributed by atoms with Crippen LogP contribution in [-0.4, -0.2) is 37.6 Å². The van der Waals surface area contributed by atoms with Gasteiger partial charge >= 0.3 is 0 Å². The topological polar surface area (TPSA) is 6.48 Å². The van der Waals surface area contributed by atoms with E-state index >= 15 is 0 Å². The number of alkyl halides is 1. The maximum absolute atomic E-state index is 6.29. The number of benzene rings is 1. The van der Waals surface area contributed by atoms with Crippen LogP contribution in [0.5, 0.6) is 0 Å². The Morgan fingerprint density at radius 1 is 1.37 bits per heavy atom. The van der Waals surface area contributed by atoms with E-state index in [9.17, 15) is 0 Å². The molecule has 1 aromatic carbocycles. The molecule has 1 aliphatic rings. The van der Waals surface area contributed by atoms with Crippen LogP contribution in [0.3, 0.4) is 0 Å². The van der Waals surface area contributed by atoms with E-state index in [0.717, 1.165) is 15.9 Å². The van der Waals surface area contributed by atoms with E-state index in [1.165, 1.54) is 38.2 Å². The van der Waals surface area contributed by atoms with Gasteiger partial charge in [0.25, 0.3) is 0 Å². The predicted molar refractivity (Wildman–Crippen MR) is 87.6 cm³/mol. The van der Waals surface area contributed by atoms with Gasteiger partial charge < -0.3 is 9.80 Å². The Morgan fingerprint density at radius 3 is 2.58 bits per heavy atom. The Hall–Kier alpha value is -0.250. The lowest BCUT2D eigenvalue weighted by Crippen LogP contribution is -2.43. The molecule has 0 spiro atoms. The van der Waals surface area contributed by atoms with E-state index in [2.05, 4.69) is 57.9 Å². The third-order valence-electron chi connectivity index (χ3n) is 4.14. The van der Waals surface area contributed by atoms with Crippen molar-refractivity contribution in [2.75, 3.05) is 31.6 Å². The lowest BCUT2D eigenvalue weighted by atomic mass is 10.0. The van der Waals surface area contributed by atoms with E-state index in [4.69, 9.17) is 11.6 Å². The van der Waals surface area contributed by atoms with Crippen LogP contribution in [0, 0.1) is 0 Å². The quantitative estimate of drug-likeness (QED) is 0.756. The number of piperidine rings is 1. The molecule has 2 rings (SSSR count). The lowest BCUT2D eigenvalue weighted by molar-refractivity contribution is 0.221. The largest absolute Gasteiger partial charge is 0.371 e. The molecule has 1 saturated heterocycles. The monoisotopic (exact) mass is 344 g/mol. The molecule has 19 heavy (non-hydrogen) atoms. The Morgan fingerprint density at radius 2 is 2.05 bits per heavy atom. The van der Waals surface area contributed by atoms with Crippen molar-refractivity contribution in [2.45, 2.75) is 31.1 Å². The molecular formula is C15H22BrClN2. The van der Waals surface area contributed by atoms with Gasteiger partial charge in [0.2, 0.25) is 0 Å². The number of anilines is 1. The number of hydrogen-bond acceptors (Lipinski definition) is 2. The number of rotatable bonds is 4. The summed E-state index contributed by atoms with van der Waals surface area (Å²) in [6, 6.07) is 7.01. The molecule has 0 unspecified atom stereocenters. The Balaban J connectivity index is 2.03. The standard InChI is InChI=1S/C15H22BrClN2/c1-3-19-8-6-13(7-9-19)18(2)14-5-4-12(11-16)15(17)10-14/h4-5,10,13H,3,6-9,11H2,1-2H3. The van der Waals surface area contributed by atoms with E-state index in [1.54, 1.807) is 0 Å². The molecule has 0 atom stereocenters. The Labute approximate surface area is 129 Å². The summed E-state index contributed by atoms with van der Waals surface area (Å²) in [5, 5.41) is 1.66. The maximum atomic E-state index is 6.29. The number of halogens is 2. The minimum absolute atomic E-state index is 0.633. The van der Waals surface area contributed by atoms with Crippen LogP contribution in [-0.2, 0) is 5.33 Å². The van der Waals surface area contributed by atoms with Crippen LogP contribution in [0.2, 0.25) is 5.02 Å². The average molecular weight is 346 g/mol. The highest BCUT2D eigenvalue weighted by Crippen LogP contribution is 2.27. The molecule has 106 valence electrons. The first-order valence-corrected chi connectivity index (χ1v) is 8.45. The second-order valence-corrected chi connectivity index (χ2v) is 6.15. The van der Waals surface area contributed by atoms with Gasteiger partial charge in [-0.1, -0.05) is 40.5 Å². The van der Waals surface area contributed by atoms with Crippen molar-refractivity contribution in [2.24, 2.45) is 0 Å². The fraction of sp³-hybridized carbons (Fsp3) is 0.600. The second-order valence-electron chi connectivity index (χ2n) is 5.19. The summed E-state index contributed by atoms with van der Waals surface area (Å²) in [5.41, 5.74) is 2.38. The van der Waals surface area contributed by atoms with E-state index < -0.39 is 0 Å². The van der Waals surface area contributed by atoms with Crippen LogP contribution >= 0.6 is 27.5 Å². The molecule has 0 bridgehead atoms. The molecule has 0 saturated carbocycles. The molecule has 2 nitrogen and oxygen atoms in total. The molecule has 0 radical (unpaired) electrons. The lowest BCUT2D eigenvalue weighted by Gasteiger charge is -2.37. The molecule has 0 N–H and O–H groups in total. The third-order valence-corrected chi connectivity index (χ3v) is 5.10. The van der Waals surface area contributed by atoms with Crippen molar-refractivity contribution in [1.82, 2.24) is 4.90 Å². The van der Waals surface area contributed by atoms with Gasteiger partial charge in [-0.15, -0.1) is 0 Å². The van der Waals surface area contributed by atoms with Gasteiger partial charge in [-0.2, -0.15) is 0 Å². The second kappa shape index (κ2) is 6.96. The molecule has 0 aromatic heterocycles. The van der Waals surface area contributed by atoms with Gasteiger partial charge in [-0.05, 0) is 37.1 Å². The van der Waals surface area contributed by atoms with Crippen molar-refractivity contribution in [3.8, 4) is 0 Å². The Kier molecular flexibility index (Phi) is 5.55. The average Bonchev–Trinajstić information content (AvgIpc) is 2.46. The summed E-state index contributed by atoms with van der Waals surface area (Å²) < 4.78 is 0. The fourth-order valence-corrected chi connectivity index (χ4v) is 3.59. The summed E-state index contributed by atoms with van der Waals surface area (Å²) in [6.45, 7) is 5.82. The summed E-state index contributed by atoms with van der Waals surface area (Å²) in [5.74, 6) is 0. The van der Waals surface area contributed by atoms with E-state index in [0.29, 0.717) is 6.04 Å². The van der Waals surface area contributed by atoms with E-state index in [-0.39, 0.29) is 0 Å². The highest BCUT2D eigenvalue weighted by atomic mass is 79.9. The summed E-state index contributed by atoms with van der Waals surface area (Å²) in [4.78, 5) is 4.90. The number of nitrogens with zero attached hydrogens (tertiary/aromatic N) is 2. The van der Waals surface area contributed by atoms with Crippen molar-refractivity contribution in [3.05, 3.63) is 28.8 Å². The van der Waals surface area contributed by atoms with Crippen LogP contribution in [0.15, 0.2) is 18.2 Å². The van der Waals surface area contributed by atoms with Crippen LogP contribution in [0.4, 0.5) is 5.69 Å². The molecule has 4 heteroatoms. The van der Waals surface area contributed by atoms with Crippen LogP contribution < -0.4 is 4.90 Å². The SMILES string of the molecule is CCN1CCC(N(C)c2ccc(CBr)c(Cl)c2)CC1.